The molecule has 3 rings (SSSR count). The fourth-order valence-electron chi connectivity index (χ4n) is 3.68. The molecule has 1 aliphatic carbocycles. The molecule has 2 N–H and O–H groups in total. The SMILES string of the molecule is Cc1ccc([C@]2(O)CC[C@](O)(c3ccc(C)cc3)C2C)cc1. The second kappa shape index (κ2) is 5.22. The largest absolute Gasteiger partial charge is 0.385 e. The Morgan fingerprint density at radius 3 is 1.36 bits per heavy atom. The van der Waals surface area contributed by atoms with Gasteiger partial charge in [-0.05, 0) is 37.8 Å². The third kappa shape index (κ3) is 2.27. The van der Waals surface area contributed by atoms with Crippen molar-refractivity contribution in [1.29, 1.82) is 0 Å². The van der Waals surface area contributed by atoms with E-state index in [-0.39, 0.29) is 5.92 Å². The first kappa shape index (κ1) is 15.3. The van der Waals surface area contributed by atoms with Crippen LogP contribution in [0.15, 0.2) is 48.5 Å². The van der Waals surface area contributed by atoms with Crippen molar-refractivity contribution in [2.24, 2.45) is 5.92 Å². The van der Waals surface area contributed by atoms with Crippen LogP contribution in [0.2, 0.25) is 0 Å². The van der Waals surface area contributed by atoms with E-state index in [9.17, 15) is 10.2 Å². The van der Waals surface area contributed by atoms with Crippen molar-refractivity contribution in [3.63, 3.8) is 0 Å². The highest BCUT2D eigenvalue weighted by Crippen LogP contribution is 2.53. The van der Waals surface area contributed by atoms with Crippen molar-refractivity contribution in [3.8, 4) is 0 Å². The Morgan fingerprint density at radius 1 is 0.727 bits per heavy atom. The first-order valence-corrected chi connectivity index (χ1v) is 7.95. The van der Waals surface area contributed by atoms with Gasteiger partial charge in [0.25, 0.3) is 0 Å². The van der Waals surface area contributed by atoms with Crippen LogP contribution in [0, 0.1) is 19.8 Å². The van der Waals surface area contributed by atoms with Gasteiger partial charge in [0.15, 0.2) is 0 Å². The number of rotatable bonds is 2. The Balaban J connectivity index is 1.98. The van der Waals surface area contributed by atoms with Crippen LogP contribution in [0.5, 0.6) is 0 Å². The first-order chi connectivity index (χ1) is 10.4. The molecule has 2 aromatic carbocycles. The average Bonchev–Trinajstić information content (AvgIpc) is 2.75. The molecular weight excluding hydrogens is 272 g/mol. The zero-order valence-electron chi connectivity index (χ0n) is 13.5. The van der Waals surface area contributed by atoms with Gasteiger partial charge in [-0.2, -0.15) is 0 Å². The van der Waals surface area contributed by atoms with Crippen LogP contribution in [0.3, 0.4) is 0 Å². The minimum absolute atomic E-state index is 0.259. The molecule has 1 unspecified atom stereocenters. The Bertz CT molecular complexity index is 600. The lowest BCUT2D eigenvalue weighted by Gasteiger charge is -2.35. The van der Waals surface area contributed by atoms with Crippen molar-refractivity contribution in [1.82, 2.24) is 0 Å². The molecule has 0 aromatic heterocycles. The molecule has 0 bridgehead atoms. The lowest BCUT2D eigenvalue weighted by molar-refractivity contribution is -0.0736. The van der Waals surface area contributed by atoms with E-state index < -0.39 is 11.2 Å². The molecular formula is C20H24O2. The van der Waals surface area contributed by atoms with Gasteiger partial charge in [0, 0.05) is 5.92 Å². The van der Waals surface area contributed by atoms with E-state index in [0.717, 1.165) is 11.1 Å². The summed E-state index contributed by atoms with van der Waals surface area (Å²) in [5.41, 5.74) is 2.18. The summed E-state index contributed by atoms with van der Waals surface area (Å²) in [5, 5.41) is 22.4. The smallest absolute Gasteiger partial charge is 0.0953 e. The highest BCUT2D eigenvalue weighted by atomic mass is 16.3. The highest BCUT2D eigenvalue weighted by molar-refractivity contribution is 5.34. The Labute approximate surface area is 132 Å². The maximum absolute atomic E-state index is 11.2. The van der Waals surface area contributed by atoms with Crippen LogP contribution < -0.4 is 0 Å². The van der Waals surface area contributed by atoms with E-state index in [1.165, 1.54) is 11.1 Å². The third-order valence-electron chi connectivity index (χ3n) is 5.42. The third-order valence-corrected chi connectivity index (χ3v) is 5.42. The maximum Gasteiger partial charge on any atom is 0.0953 e. The highest BCUT2D eigenvalue weighted by Gasteiger charge is 2.54. The Kier molecular flexibility index (Phi) is 3.62. The number of hydrogen-bond acceptors (Lipinski definition) is 2. The average molecular weight is 296 g/mol. The number of aryl methyl sites for hydroxylation is 2. The molecule has 2 aromatic rings. The van der Waals surface area contributed by atoms with E-state index >= 15 is 0 Å². The molecule has 0 aliphatic heterocycles. The van der Waals surface area contributed by atoms with Gasteiger partial charge in [-0.1, -0.05) is 66.6 Å². The summed E-state index contributed by atoms with van der Waals surface area (Å²) in [6.45, 7) is 6.02. The van der Waals surface area contributed by atoms with Gasteiger partial charge in [-0.15, -0.1) is 0 Å². The van der Waals surface area contributed by atoms with E-state index in [2.05, 4.69) is 0 Å². The summed E-state index contributed by atoms with van der Waals surface area (Å²) in [7, 11) is 0. The number of aliphatic hydroxyl groups is 2. The summed E-state index contributed by atoms with van der Waals surface area (Å²) >= 11 is 0. The normalized spacial score (nSPS) is 31.4. The van der Waals surface area contributed by atoms with Crippen LogP contribution in [0.25, 0.3) is 0 Å². The van der Waals surface area contributed by atoms with E-state index in [1.807, 2.05) is 69.3 Å². The topological polar surface area (TPSA) is 40.5 Å². The molecule has 0 saturated heterocycles. The van der Waals surface area contributed by atoms with Gasteiger partial charge in [0.05, 0.1) is 11.2 Å². The van der Waals surface area contributed by atoms with Crippen LogP contribution in [-0.2, 0) is 11.2 Å². The van der Waals surface area contributed by atoms with E-state index in [4.69, 9.17) is 0 Å². The molecule has 2 heteroatoms. The Hall–Kier alpha value is -1.64. The number of hydrogen-bond donors (Lipinski definition) is 2. The van der Waals surface area contributed by atoms with Gasteiger partial charge in [0.1, 0.15) is 0 Å². The van der Waals surface area contributed by atoms with Gasteiger partial charge in [0.2, 0.25) is 0 Å². The van der Waals surface area contributed by atoms with Gasteiger partial charge < -0.3 is 10.2 Å². The van der Waals surface area contributed by atoms with Crippen molar-refractivity contribution < 1.29 is 10.2 Å². The van der Waals surface area contributed by atoms with Crippen molar-refractivity contribution in [3.05, 3.63) is 70.8 Å². The first-order valence-electron chi connectivity index (χ1n) is 7.95. The fraction of sp³-hybridized carbons (Fsp3) is 0.400. The van der Waals surface area contributed by atoms with E-state index in [0.29, 0.717) is 12.8 Å². The van der Waals surface area contributed by atoms with Gasteiger partial charge in [-0.25, -0.2) is 0 Å². The minimum Gasteiger partial charge on any atom is -0.385 e. The molecule has 0 radical (unpaired) electrons. The molecule has 22 heavy (non-hydrogen) atoms. The fourth-order valence-corrected chi connectivity index (χ4v) is 3.68. The number of benzene rings is 2. The van der Waals surface area contributed by atoms with E-state index in [1.54, 1.807) is 0 Å². The molecule has 1 fully saturated rings. The second-order valence-corrected chi connectivity index (χ2v) is 6.80. The lowest BCUT2D eigenvalue weighted by atomic mass is 9.77. The second-order valence-electron chi connectivity index (χ2n) is 6.80. The molecule has 0 amide bonds. The maximum atomic E-state index is 11.2. The molecule has 1 aliphatic rings. The molecule has 3 atom stereocenters. The summed E-state index contributed by atoms with van der Waals surface area (Å²) in [5.74, 6) is -0.259. The van der Waals surface area contributed by atoms with Crippen LogP contribution in [-0.4, -0.2) is 10.2 Å². The molecule has 1 saturated carbocycles. The monoisotopic (exact) mass is 296 g/mol. The van der Waals surface area contributed by atoms with Crippen LogP contribution >= 0.6 is 0 Å². The van der Waals surface area contributed by atoms with Gasteiger partial charge in [-0.3, -0.25) is 0 Å². The summed E-state index contributed by atoms with van der Waals surface area (Å²) in [6.07, 6.45) is 1.14. The summed E-state index contributed by atoms with van der Waals surface area (Å²) in [6, 6.07) is 16.0. The zero-order valence-corrected chi connectivity index (χ0v) is 13.5. The summed E-state index contributed by atoms with van der Waals surface area (Å²) in [4.78, 5) is 0. The molecule has 2 nitrogen and oxygen atoms in total. The minimum atomic E-state index is -0.979. The molecule has 116 valence electrons. The zero-order chi connectivity index (χ0) is 16.0. The predicted molar refractivity (Wildman–Crippen MR) is 88.5 cm³/mol. The van der Waals surface area contributed by atoms with Crippen molar-refractivity contribution in [2.45, 2.75) is 44.8 Å². The molecule has 0 spiro atoms. The Morgan fingerprint density at radius 2 is 1.05 bits per heavy atom. The van der Waals surface area contributed by atoms with Crippen LogP contribution in [0.1, 0.15) is 42.0 Å². The van der Waals surface area contributed by atoms with Gasteiger partial charge >= 0.3 is 0 Å². The van der Waals surface area contributed by atoms with Crippen molar-refractivity contribution >= 4 is 0 Å². The quantitative estimate of drug-likeness (QED) is 0.884. The lowest BCUT2D eigenvalue weighted by Crippen LogP contribution is -2.38. The standard InChI is InChI=1S/C20H24O2/c1-14-4-8-17(9-5-14)19(21)12-13-20(22,16(19)3)18-10-6-15(2)7-11-18/h4-11,16,21-22H,12-13H2,1-3H3/t16?,19-,20+. The molecule has 0 heterocycles. The predicted octanol–water partition coefficient (Wildman–Crippen LogP) is 3.81. The van der Waals surface area contributed by atoms with Crippen molar-refractivity contribution in [2.75, 3.05) is 0 Å². The summed E-state index contributed by atoms with van der Waals surface area (Å²) < 4.78 is 0. The van der Waals surface area contributed by atoms with Crippen LogP contribution in [0.4, 0.5) is 0 Å².